The fraction of sp³-hybridized carbons (Fsp3) is 0.118. The van der Waals surface area contributed by atoms with Crippen LogP contribution in [0, 0.1) is 13.8 Å². The van der Waals surface area contributed by atoms with Gasteiger partial charge in [-0.2, -0.15) is 0 Å². The molecule has 100 valence electrons. The van der Waals surface area contributed by atoms with Gasteiger partial charge in [0.05, 0.1) is 5.39 Å². The van der Waals surface area contributed by atoms with Crippen molar-refractivity contribution >= 4 is 11.0 Å². The molecule has 0 aliphatic rings. The molecule has 0 saturated heterocycles. The molecule has 0 amide bonds. The molecule has 1 N–H and O–H groups in total. The average molecular weight is 266 g/mol. The van der Waals surface area contributed by atoms with Gasteiger partial charge in [-0.1, -0.05) is 6.07 Å². The highest BCUT2D eigenvalue weighted by Gasteiger charge is 2.09. The summed E-state index contributed by atoms with van der Waals surface area (Å²) in [6, 6.07) is 11.9. The van der Waals surface area contributed by atoms with Crippen molar-refractivity contribution in [2.45, 2.75) is 13.8 Å². The van der Waals surface area contributed by atoms with Crippen LogP contribution < -0.4 is 5.43 Å². The van der Waals surface area contributed by atoms with Gasteiger partial charge in [-0.3, -0.25) is 4.79 Å². The van der Waals surface area contributed by atoms with E-state index >= 15 is 0 Å². The molecule has 3 aromatic rings. The molecule has 2 aromatic carbocycles. The Balaban J connectivity index is 2.29. The van der Waals surface area contributed by atoms with Crippen molar-refractivity contribution in [3.8, 4) is 17.1 Å². The Morgan fingerprint density at radius 3 is 2.40 bits per heavy atom. The van der Waals surface area contributed by atoms with Crippen LogP contribution in [0.1, 0.15) is 11.1 Å². The highest BCUT2D eigenvalue weighted by atomic mass is 16.3. The Morgan fingerprint density at radius 2 is 1.70 bits per heavy atom. The first-order chi connectivity index (χ1) is 9.54. The van der Waals surface area contributed by atoms with Gasteiger partial charge in [0.2, 0.25) is 0 Å². The smallest absolute Gasteiger partial charge is 0.193 e. The highest BCUT2D eigenvalue weighted by Crippen LogP contribution is 2.25. The molecule has 0 unspecified atom stereocenters. The van der Waals surface area contributed by atoms with E-state index in [2.05, 4.69) is 0 Å². The minimum absolute atomic E-state index is 0.0492. The van der Waals surface area contributed by atoms with Crippen LogP contribution in [-0.2, 0) is 0 Å². The van der Waals surface area contributed by atoms with Gasteiger partial charge in [0, 0.05) is 11.6 Å². The lowest BCUT2D eigenvalue weighted by Crippen LogP contribution is -2.02. The number of phenols is 1. The van der Waals surface area contributed by atoms with Gasteiger partial charge in [-0.05, 0) is 55.3 Å². The summed E-state index contributed by atoms with van der Waals surface area (Å²) in [5.41, 5.74) is 3.29. The van der Waals surface area contributed by atoms with Crippen molar-refractivity contribution in [3.63, 3.8) is 0 Å². The summed E-state index contributed by atoms with van der Waals surface area (Å²) in [6.07, 6.45) is 0. The molecular weight excluding hydrogens is 252 g/mol. The molecule has 0 saturated carbocycles. The number of aromatic hydroxyl groups is 1. The minimum atomic E-state index is -0.0492. The molecular formula is C17H14O3. The van der Waals surface area contributed by atoms with E-state index in [1.807, 2.05) is 26.0 Å². The van der Waals surface area contributed by atoms with E-state index < -0.39 is 0 Å². The largest absolute Gasteiger partial charge is 0.508 e. The molecule has 0 spiro atoms. The molecule has 20 heavy (non-hydrogen) atoms. The van der Waals surface area contributed by atoms with Crippen molar-refractivity contribution in [1.82, 2.24) is 0 Å². The predicted octanol–water partition coefficient (Wildman–Crippen LogP) is 3.78. The number of rotatable bonds is 1. The maximum absolute atomic E-state index is 12.3. The first-order valence-electron chi connectivity index (χ1n) is 6.39. The van der Waals surface area contributed by atoms with E-state index in [1.54, 1.807) is 24.3 Å². The van der Waals surface area contributed by atoms with Gasteiger partial charge >= 0.3 is 0 Å². The molecule has 0 atom stereocenters. The van der Waals surface area contributed by atoms with E-state index in [-0.39, 0.29) is 11.2 Å². The zero-order valence-corrected chi connectivity index (χ0v) is 11.3. The Morgan fingerprint density at radius 1 is 1.00 bits per heavy atom. The first-order valence-corrected chi connectivity index (χ1v) is 6.39. The number of benzene rings is 2. The highest BCUT2D eigenvalue weighted by molar-refractivity contribution is 5.82. The third kappa shape index (κ3) is 2.07. The van der Waals surface area contributed by atoms with Crippen LogP contribution in [0.2, 0.25) is 0 Å². The fourth-order valence-electron chi connectivity index (χ4n) is 2.43. The summed E-state index contributed by atoms with van der Waals surface area (Å²) in [6.45, 7) is 3.88. The third-order valence-corrected chi connectivity index (χ3v) is 3.32. The number of hydrogen-bond donors (Lipinski definition) is 1. The number of fused-ring (bicyclic) bond motifs is 1. The fourth-order valence-corrected chi connectivity index (χ4v) is 2.43. The number of aryl methyl sites for hydroxylation is 2. The lowest BCUT2D eigenvalue weighted by atomic mass is 10.1. The zero-order valence-electron chi connectivity index (χ0n) is 11.3. The molecule has 1 heterocycles. The molecule has 3 nitrogen and oxygen atoms in total. The van der Waals surface area contributed by atoms with E-state index in [1.165, 1.54) is 6.07 Å². The normalized spacial score (nSPS) is 10.9. The molecule has 3 rings (SSSR count). The van der Waals surface area contributed by atoms with E-state index in [4.69, 9.17) is 4.42 Å². The van der Waals surface area contributed by atoms with Crippen LogP contribution in [0.5, 0.6) is 5.75 Å². The van der Waals surface area contributed by atoms with E-state index in [0.717, 1.165) is 16.7 Å². The second kappa shape index (κ2) is 4.53. The van der Waals surface area contributed by atoms with Gasteiger partial charge in [-0.15, -0.1) is 0 Å². The number of phenolic OH excluding ortho intramolecular Hbond substituents is 1. The topological polar surface area (TPSA) is 50.4 Å². The van der Waals surface area contributed by atoms with E-state index in [9.17, 15) is 9.90 Å². The summed E-state index contributed by atoms with van der Waals surface area (Å²) < 4.78 is 5.85. The van der Waals surface area contributed by atoms with E-state index in [0.29, 0.717) is 16.7 Å². The van der Waals surface area contributed by atoms with Crippen molar-refractivity contribution < 1.29 is 9.52 Å². The summed E-state index contributed by atoms with van der Waals surface area (Å²) in [7, 11) is 0. The minimum Gasteiger partial charge on any atom is -0.508 e. The average Bonchev–Trinajstić information content (AvgIpc) is 2.38. The summed E-state index contributed by atoms with van der Waals surface area (Å²) in [5, 5.41) is 9.93. The Bertz CT molecular complexity index is 842. The first kappa shape index (κ1) is 12.5. The second-order valence-electron chi connectivity index (χ2n) is 4.98. The predicted molar refractivity (Wildman–Crippen MR) is 79.1 cm³/mol. The van der Waals surface area contributed by atoms with Crippen molar-refractivity contribution in [3.05, 3.63) is 63.8 Å². The molecule has 0 radical (unpaired) electrons. The van der Waals surface area contributed by atoms with Gasteiger partial charge in [0.1, 0.15) is 17.1 Å². The Hall–Kier alpha value is -2.55. The molecule has 1 aromatic heterocycles. The molecule has 0 bridgehead atoms. The Labute approximate surface area is 116 Å². The maximum atomic E-state index is 12.3. The van der Waals surface area contributed by atoms with Gasteiger partial charge < -0.3 is 9.52 Å². The van der Waals surface area contributed by atoms with Crippen molar-refractivity contribution in [1.29, 1.82) is 0 Å². The monoisotopic (exact) mass is 266 g/mol. The quantitative estimate of drug-likeness (QED) is 0.729. The van der Waals surface area contributed by atoms with Crippen LogP contribution >= 0.6 is 0 Å². The number of hydrogen-bond acceptors (Lipinski definition) is 3. The lowest BCUT2D eigenvalue weighted by Gasteiger charge is -2.06. The Kier molecular flexibility index (Phi) is 2.83. The molecule has 3 heteroatoms. The van der Waals surface area contributed by atoms with Crippen molar-refractivity contribution in [2.24, 2.45) is 0 Å². The molecule has 0 aliphatic heterocycles. The second-order valence-corrected chi connectivity index (χ2v) is 4.98. The van der Waals surface area contributed by atoms with Crippen LogP contribution in [-0.4, -0.2) is 5.11 Å². The van der Waals surface area contributed by atoms with Gasteiger partial charge in [-0.25, -0.2) is 0 Å². The zero-order chi connectivity index (χ0) is 14.3. The molecule has 0 aliphatic carbocycles. The molecule has 0 fully saturated rings. The van der Waals surface area contributed by atoms with Gasteiger partial charge in [0.25, 0.3) is 0 Å². The standard InChI is InChI=1S/C17H14O3/c1-10-7-11(2)17-14(19)9-15(20-16(17)8-10)12-3-5-13(18)6-4-12/h3-9,18H,1-2H3. The van der Waals surface area contributed by atoms with Crippen LogP contribution in [0.25, 0.3) is 22.3 Å². The van der Waals surface area contributed by atoms with Crippen LogP contribution in [0.15, 0.2) is 51.7 Å². The summed E-state index contributed by atoms with van der Waals surface area (Å²) in [4.78, 5) is 12.3. The van der Waals surface area contributed by atoms with Crippen molar-refractivity contribution in [2.75, 3.05) is 0 Å². The SMILES string of the molecule is Cc1cc(C)c2c(=O)cc(-c3ccc(O)cc3)oc2c1. The van der Waals surface area contributed by atoms with Crippen LogP contribution in [0.4, 0.5) is 0 Å². The summed E-state index contributed by atoms with van der Waals surface area (Å²) in [5.74, 6) is 0.691. The van der Waals surface area contributed by atoms with Crippen LogP contribution in [0.3, 0.4) is 0 Å². The third-order valence-electron chi connectivity index (χ3n) is 3.32. The lowest BCUT2D eigenvalue weighted by molar-refractivity contribution is 0.475. The summed E-state index contributed by atoms with van der Waals surface area (Å²) >= 11 is 0. The maximum Gasteiger partial charge on any atom is 0.193 e. The van der Waals surface area contributed by atoms with Gasteiger partial charge in [0.15, 0.2) is 5.43 Å².